The molecular formula is C22H23N5O. The molecule has 0 radical (unpaired) electrons. The van der Waals surface area contributed by atoms with Gasteiger partial charge in [-0.05, 0) is 43.5 Å². The number of aryl methyl sites for hydroxylation is 1. The van der Waals surface area contributed by atoms with Crippen molar-refractivity contribution in [2.45, 2.75) is 44.7 Å². The summed E-state index contributed by atoms with van der Waals surface area (Å²) in [7, 11) is 0. The van der Waals surface area contributed by atoms with Crippen LogP contribution >= 0.6 is 0 Å². The summed E-state index contributed by atoms with van der Waals surface area (Å²) in [6.45, 7) is 2.00. The SMILES string of the molecule is Cc1nc2cnccc2n1-c1ccc(C2=CC(=O)N[C@H]3CCCC[C@@H]3N2)cc1. The molecule has 2 aliphatic rings. The summed E-state index contributed by atoms with van der Waals surface area (Å²) in [5.74, 6) is 0.914. The van der Waals surface area contributed by atoms with Crippen molar-refractivity contribution < 1.29 is 4.79 Å². The number of imidazole rings is 1. The van der Waals surface area contributed by atoms with Crippen LogP contribution in [0.25, 0.3) is 22.4 Å². The highest BCUT2D eigenvalue weighted by Gasteiger charge is 2.29. The maximum Gasteiger partial charge on any atom is 0.246 e. The number of fused-ring (bicyclic) bond motifs is 2. The van der Waals surface area contributed by atoms with Crippen LogP contribution < -0.4 is 10.6 Å². The van der Waals surface area contributed by atoms with Crippen molar-refractivity contribution in [2.75, 3.05) is 0 Å². The van der Waals surface area contributed by atoms with E-state index in [4.69, 9.17) is 0 Å². The highest BCUT2D eigenvalue weighted by atomic mass is 16.1. The predicted octanol–water partition coefficient (Wildman–Crippen LogP) is 3.10. The zero-order valence-corrected chi connectivity index (χ0v) is 15.9. The lowest BCUT2D eigenvalue weighted by Gasteiger charge is -2.31. The molecule has 1 saturated carbocycles. The molecule has 28 heavy (non-hydrogen) atoms. The average Bonchev–Trinajstić information content (AvgIpc) is 2.94. The fourth-order valence-electron chi connectivity index (χ4n) is 4.41. The molecule has 2 aromatic heterocycles. The van der Waals surface area contributed by atoms with Crippen molar-refractivity contribution in [3.05, 3.63) is 60.2 Å². The second kappa shape index (κ2) is 6.78. The van der Waals surface area contributed by atoms with Gasteiger partial charge < -0.3 is 10.6 Å². The molecule has 1 aromatic carbocycles. The van der Waals surface area contributed by atoms with Crippen LogP contribution in [0.3, 0.4) is 0 Å². The van der Waals surface area contributed by atoms with Gasteiger partial charge in [0.1, 0.15) is 11.3 Å². The summed E-state index contributed by atoms with van der Waals surface area (Å²) in [5.41, 5.74) is 4.89. The van der Waals surface area contributed by atoms with Gasteiger partial charge in [0.15, 0.2) is 0 Å². The van der Waals surface area contributed by atoms with Crippen molar-refractivity contribution in [1.29, 1.82) is 0 Å². The van der Waals surface area contributed by atoms with Crippen LogP contribution in [0.1, 0.15) is 37.1 Å². The number of aromatic nitrogens is 3. The van der Waals surface area contributed by atoms with E-state index in [1.165, 1.54) is 12.8 Å². The van der Waals surface area contributed by atoms with Crippen LogP contribution in [-0.2, 0) is 4.79 Å². The number of amides is 1. The lowest BCUT2D eigenvalue weighted by atomic mass is 9.90. The van der Waals surface area contributed by atoms with Gasteiger partial charge in [0.2, 0.25) is 5.91 Å². The molecule has 2 atom stereocenters. The maximum atomic E-state index is 12.3. The van der Waals surface area contributed by atoms with Crippen LogP contribution in [0.4, 0.5) is 0 Å². The molecule has 1 aliphatic carbocycles. The lowest BCUT2D eigenvalue weighted by molar-refractivity contribution is -0.117. The average molecular weight is 373 g/mol. The molecule has 1 fully saturated rings. The van der Waals surface area contributed by atoms with Gasteiger partial charge in [-0.1, -0.05) is 25.0 Å². The van der Waals surface area contributed by atoms with E-state index in [0.717, 1.165) is 46.6 Å². The van der Waals surface area contributed by atoms with E-state index >= 15 is 0 Å². The number of carbonyl (C=O) groups excluding carboxylic acids is 1. The Bertz CT molecular complexity index is 1070. The third-order valence-electron chi connectivity index (χ3n) is 5.77. The summed E-state index contributed by atoms with van der Waals surface area (Å²) >= 11 is 0. The molecule has 3 aromatic rings. The summed E-state index contributed by atoms with van der Waals surface area (Å²) in [6.07, 6.45) is 9.79. The third kappa shape index (κ3) is 2.95. The highest BCUT2D eigenvalue weighted by Crippen LogP contribution is 2.26. The Morgan fingerprint density at radius 3 is 2.57 bits per heavy atom. The van der Waals surface area contributed by atoms with Crippen LogP contribution in [0.2, 0.25) is 0 Å². The molecule has 0 spiro atoms. The highest BCUT2D eigenvalue weighted by molar-refractivity contribution is 5.95. The normalized spacial score (nSPS) is 22.0. The molecule has 2 N–H and O–H groups in total. The summed E-state index contributed by atoms with van der Waals surface area (Å²) in [4.78, 5) is 21.1. The largest absolute Gasteiger partial charge is 0.380 e. The van der Waals surface area contributed by atoms with Crippen molar-refractivity contribution in [3.63, 3.8) is 0 Å². The smallest absolute Gasteiger partial charge is 0.246 e. The predicted molar refractivity (Wildman–Crippen MR) is 109 cm³/mol. The number of hydrogen-bond donors (Lipinski definition) is 2. The van der Waals surface area contributed by atoms with Crippen LogP contribution in [0, 0.1) is 6.92 Å². The second-order valence-corrected chi connectivity index (χ2v) is 7.61. The van der Waals surface area contributed by atoms with Gasteiger partial charge in [-0.25, -0.2) is 4.98 Å². The molecule has 142 valence electrons. The minimum absolute atomic E-state index is 0.00933. The van der Waals surface area contributed by atoms with Gasteiger partial charge in [0.25, 0.3) is 0 Å². The molecule has 1 aliphatic heterocycles. The maximum absolute atomic E-state index is 12.3. The topological polar surface area (TPSA) is 71.8 Å². The standard InChI is InChI=1S/C22H23N5O/c1-14-24-20-13-23-11-10-21(20)27(14)16-8-6-15(7-9-16)19-12-22(28)26-18-5-3-2-4-17(18)25-19/h6-13,17-18,25H,2-5H2,1H3,(H,26,28)/t17-,18-/m0/s1. The van der Waals surface area contributed by atoms with Crippen molar-refractivity contribution in [3.8, 4) is 5.69 Å². The Hall–Kier alpha value is -3.15. The van der Waals surface area contributed by atoms with E-state index < -0.39 is 0 Å². The summed E-state index contributed by atoms with van der Waals surface area (Å²) in [6, 6.07) is 10.8. The van der Waals surface area contributed by atoms with Crippen LogP contribution in [0.5, 0.6) is 0 Å². The number of carbonyl (C=O) groups is 1. The molecule has 0 saturated heterocycles. The van der Waals surface area contributed by atoms with Gasteiger partial charge in [-0.3, -0.25) is 14.3 Å². The Kier molecular flexibility index (Phi) is 4.11. The van der Waals surface area contributed by atoms with E-state index in [-0.39, 0.29) is 11.9 Å². The Labute approximate surface area is 163 Å². The molecule has 0 bridgehead atoms. The van der Waals surface area contributed by atoms with E-state index in [2.05, 4.69) is 49.4 Å². The fraction of sp³-hybridized carbons (Fsp3) is 0.318. The number of pyridine rings is 1. The zero-order chi connectivity index (χ0) is 19.1. The lowest BCUT2D eigenvalue weighted by Crippen LogP contribution is -2.48. The molecule has 6 heteroatoms. The number of nitrogens with zero attached hydrogens (tertiary/aromatic N) is 3. The Balaban J connectivity index is 1.48. The van der Waals surface area contributed by atoms with Crippen LogP contribution in [-0.4, -0.2) is 32.5 Å². The van der Waals surface area contributed by atoms with Gasteiger partial charge in [-0.15, -0.1) is 0 Å². The first kappa shape index (κ1) is 17.0. The molecule has 5 rings (SSSR count). The van der Waals surface area contributed by atoms with Crippen molar-refractivity contribution in [2.24, 2.45) is 0 Å². The first-order valence-corrected chi connectivity index (χ1v) is 9.88. The van der Waals surface area contributed by atoms with E-state index in [1.54, 1.807) is 18.5 Å². The summed E-state index contributed by atoms with van der Waals surface area (Å²) in [5, 5.41) is 6.76. The minimum Gasteiger partial charge on any atom is -0.380 e. The number of benzene rings is 1. The number of rotatable bonds is 2. The second-order valence-electron chi connectivity index (χ2n) is 7.61. The Morgan fingerprint density at radius 1 is 1.04 bits per heavy atom. The molecule has 3 heterocycles. The number of hydrogen-bond acceptors (Lipinski definition) is 4. The van der Waals surface area contributed by atoms with Gasteiger partial charge in [-0.2, -0.15) is 0 Å². The third-order valence-corrected chi connectivity index (χ3v) is 5.77. The van der Waals surface area contributed by atoms with E-state index in [1.807, 2.05) is 13.0 Å². The molecular weight excluding hydrogens is 350 g/mol. The molecule has 6 nitrogen and oxygen atoms in total. The zero-order valence-electron chi connectivity index (χ0n) is 15.9. The first-order valence-electron chi connectivity index (χ1n) is 9.88. The van der Waals surface area contributed by atoms with Gasteiger partial charge in [0, 0.05) is 35.7 Å². The van der Waals surface area contributed by atoms with Gasteiger partial charge >= 0.3 is 0 Å². The summed E-state index contributed by atoms with van der Waals surface area (Å²) < 4.78 is 2.12. The quantitative estimate of drug-likeness (QED) is 0.724. The van der Waals surface area contributed by atoms with Crippen molar-refractivity contribution in [1.82, 2.24) is 25.2 Å². The monoisotopic (exact) mass is 373 g/mol. The van der Waals surface area contributed by atoms with E-state index in [9.17, 15) is 4.79 Å². The first-order chi connectivity index (χ1) is 13.7. The van der Waals surface area contributed by atoms with E-state index in [0.29, 0.717) is 6.04 Å². The van der Waals surface area contributed by atoms with Crippen LogP contribution in [0.15, 0.2) is 48.8 Å². The molecule has 0 unspecified atom stereocenters. The molecule has 1 amide bonds. The fourth-order valence-corrected chi connectivity index (χ4v) is 4.41. The minimum atomic E-state index is -0.00933. The van der Waals surface area contributed by atoms with Crippen molar-refractivity contribution >= 4 is 22.6 Å². The Morgan fingerprint density at radius 2 is 1.79 bits per heavy atom. The van der Waals surface area contributed by atoms with Gasteiger partial charge in [0.05, 0.1) is 11.7 Å². The number of nitrogens with one attached hydrogen (secondary N) is 2.